The number of oxime groups is 1. The van der Waals surface area contributed by atoms with Crippen molar-refractivity contribution in [3.8, 4) is 0 Å². The van der Waals surface area contributed by atoms with Crippen LogP contribution in [0.25, 0.3) is 0 Å². The van der Waals surface area contributed by atoms with Crippen molar-refractivity contribution in [3.05, 3.63) is 11.6 Å². The van der Waals surface area contributed by atoms with E-state index in [4.69, 9.17) is 15.1 Å². The number of rotatable bonds is 8. The average molecular weight is 491 g/mol. The molecule has 0 aromatic carbocycles. The Labute approximate surface area is 206 Å². The van der Waals surface area contributed by atoms with Crippen molar-refractivity contribution in [1.82, 2.24) is 5.32 Å². The van der Waals surface area contributed by atoms with Crippen LogP contribution < -0.4 is 5.32 Å². The van der Waals surface area contributed by atoms with Crippen LogP contribution in [0.2, 0.25) is 0 Å². The molecular weight excluding hydrogens is 452 g/mol. The smallest absolute Gasteiger partial charge is 0.326 e. The standard InChI is InChI=1S/C26H38N2O7/c1-25-11-9-16(28-35-14-22(30)27-20(24(33)34)6-8-23(31)32)13-15(25)3-4-17-18-5-7-21(29)26(18,2)12-10-19(17)25/h13,17-21,29H,3-12,14H2,1-2H3,(H,27,30)(H,31,32)(H,33,34)/b28-16+/t17-,18-,19-,20+,21-,25-,26-/m0/s1. The van der Waals surface area contributed by atoms with Crippen LogP contribution in [0, 0.1) is 28.6 Å². The van der Waals surface area contributed by atoms with Crippen LogP contribution in [0.15, 0.2) is 16.8 Å². The molecule has 0 unspecified atom stereocenters. The first-order valence-electron chi connectivity index (χ1n) is 12.9. The number of carboxylic acids is 2. The predicted molar refractivity (Wildman–Crippen MR) is 128 cm³/mol. The zero-order valence-corrected chi connectivity index (χ0v) is 20.7. The molecule has 0 aromatic rings. The molecule has 35 heavy (non-hydrogen) atoms. The Kier molecular flexibility index (Phi) is 7.27. The van der Waals surface area contributed by atoms with Crippen LogP contribution >= 0.6 is 0 Å². The zero-order valence-electron chi connectivity index (χ0n) is 20.7. The van der Waals surface area contributed by atoms with Gasteiger partial charge in [-0.2, -0.15) is 0 Å². The van der Waals surface area contributed by atoms with E-state index in [0.717, 1.165) is 57.1 Å². The lowest BCUT2D eigenvalue weighted by Crippen LogP contribution is -2.51. The second kappa shape index (κ2) is 9.91. The van der Waals surface area contributed by atoms with Gasteiger partial charge in [0.05, 0.1) is 11.8 Å². The zero-order chi connectivity index (χ0) is 25.4. The molecule has 4 rings (SSSR count). The number of hydrogen-bond donors (Lipinski definition) is 4. The Hall–Kier alpha value is -2.42. The summed E-state index contributed by atoms with van der Waals surface area (Å²) >= 11 is 0. The third kappa shape index (κ3) is 4.97. The molecule has 1 amide bonds. The summed E-state index contributed by atoms with van der Waals surface area (Å²) in [6.45, 7) is 4.26. The third-order valence-electron chi connectivity index (χ3n) is 9.58. The average Bonchev–Trinajstić information content (AvgIpc) is 3.11. The number of amides is 1. The quantitative estimate of drug-likeness (QED) is 0.382. The SMILES string of the molecule is C[C@]12CC[C@H]3[C@@H](CCC4=C/C(=N/OCC(=O)N[C@H](CCC(=O)O)C(=O)O)CC[C@@]43C)[C@@H]1CC[C@@H]2O. The minimum absolute atomic E-state index is 0.0711. The number of carbonyl (C=O) groups is 3. The van der Waals surface area contributed by atoms with Gasteiger partial charge in [-0.05, 0) is 92.4 Å². The fraction of sp³-hybridized carbons (Fsp3) is 0.769. The fourth-order valence-electron chi connectivity index (χ4n) is 7.55. The molecule has 0 saturated heterocycles. The van der Waals surface area contributed by atoms with Gasteiger partial charge in [0.2, 0.25) is 0 Å². The highest BCUT2D eigenvalue weighted by Gasteiger charge is 2.58. The first kappa shape index (κ1) is 25.7. The van der Waals surface area contributed by atoms with E-state index in [-0.39, 0.29) is 29.8 Å². The summed E-state index contributed by atoms with van der Waals surface area (Å²) in [6.07, 6.45) is 9.61. The van der Waals surface area contributed by atoms with Crippen molar-refractivity contribution in [2.45, 2.75) is 90.2 Å². The summed E-state index contributed by atoms with van der Waals surface area (Å²) in [5, 5.41) is 35.0. The molecule has 0 bridgehead atoms. The van der Waals surface area contributed by atoms with Gasteiger partial charge in [-0.15, -0.1) is 0 Å². The highest BCUT2D eigenvalue weighted by Crippen LogP contribution is 2.65. The summed E-state index contributed by atoms with van der Waals surface area (Å²) in [6, 6.07) is -1.28. The van der Waals surface area contributed by atoms with Gasteiger partial charge in [0.1, 0.15) is 6.04 Å². The number of aliphatic carboxylic acids is 2. The predicted octanol–water partition coefficient (Wildman–Crippen LogP) is 3.12. The van der Waals surface area contributed by atoms with Crippen molar-refractivity contribution < 1.29 is 34.5 Å². The fourth-order valence-corrected chi connectivity index (χ4v) is 7.55. The summed E-state index contributed by atoms with van der Waals surface area (Å²) in [5.74, 6) is -1.16. The third-order valence-corrected chi connectivity index (χ3v) is 9.58. The van der Waals surface area contributed by atoms with E-state index in [1.807, 2.05) is 0 Å². The Morgan fingerprint density at radius 3 is 2.60 bits per heavy atom. The molecule has 0 aromatic heterocycles. The number of fused-ring (bicyclic) bond motifs is 5. The summed E-state index contributed by atoms with van der Waals surface area (Å²) in [7, 11) is 0. The van der Waals surface area contributed by atoms with Gasteiger partial charge < -0.3 is 25.5 Å². The number of carbonyl (C=O) groups excluding carboxylic acids is 1. The van der Waals surface area contributed by atoms with Gasteiger partial charge in [0.15, 0.2) is 6.61 Å². The molecule has 9 heteroatoms. The maximum absolute atomic E-state index is 12.1. The molecule has 4 aliphatic carbocycles. The van der Waals surface area contributed by atoms with Gasteiger partial charge in [-0.1, -0.05) is 24.6 Å². The van der Waals surface area contributed by atoms with Crippen molar-refractivity contribution in [2.75, 3.05) is 6.61 Å². The monoisotopic (exact) mass is 490 g/mol. The van der Waals surface area contributed by atoms with Crippen molar-refractivity contribution >= 4 is 23.6 Å². The molecule has 3 fully saturated rings. The highest BCUT2D eigenvalue weighted by molar-refractivity contribution is 5.96. The van der Waals surface area contributed by atoms with Crippen LogP contribution in [-0.2, 0) is 19.2 Å². The maximum atomic E-state index is 12.1. The molecule has 4 aliphatic rings. The summed E-state index contributed by atoms with van der Waals surface area (Å²) < 4.78 is 0. The number of allylic oxidation sites excluding steroid dienone is 2. The Balaban J connectivity index is 1.35. The van der Waals surface area contributed by atoms with E-state index in [1.54, 1.807) is 0 Å². The summed E-state index contributed by atoms with van der Waals surface area (Å²) in [5.41, 5.74) is 2.40. The minimum atomic E-state index is -1.28. The Bertz CT molecular complexity index is 931. The first-order valence-corrected chi connectivity index (χ1v) is 12.9. The molecule has 3 saturated carbocycles. The lowest BCUT2D eigenvalue weighted by Gasteiger charge is -2.57. The molecule has 0 heterocycles. The number of nitrogens with zero attached hydrogens (tertiary/aromatic N) is 1. The van der Waals surface area contributed by atoms with Gasteiger partial charge in [-0.25, -0.2) is 4.79 Å². The lowest BCUT2D eigenvalue weighted by atomic mass is 9.47. The van der Waals surface area contributed by atoms with Crippen LogP contribution in [0.5, 0.6) is 0 Å². The second-order valence-electron chi connectivity index (χ2n) is 11.4. The van der Waals surface area contributed by atoms with E-state index in [0.29, 0.717) is 17.8 Å². The van der Waals surface area contributed by atoms with Gasteiger partial charge >= 0.3 is 11.9 Å². The van der Waals surface area contributed by atoms with E-state index < -0.39 is 30.5 Å². The van der Waals surface area contributed by atoms with Crippen LogP contribution in [0.1, 0.15) is 78.1 Å². The number of aliphatic hydroxyl groups is 1. The minimum Gasteiger partial charge on any atom is -0.481 e. The van der Waals surface area contributed by atoms with Crippen LogP contribution in [0.4, 0.5) is 0 Å². The van der Waals surface area contributed by atoms with Gasteiger partial charge in [0, 0.05) is 6.42 Å². The van der Waals surface area contributed by atoms with E-state index in [2.05, 4.69) is 30.4 Å². The topological polar surface area (TPSA) is 146 Å². The van der Waals surface area contributed by atoms with Crippen molar-refractivity contribution in [1.29, 1.82) is 0 Å². The molecule has 0 aliphatic heterocycles. The normalized spacial score (nSPS) is 37.9. The molecule has 9 nitrogen and oxygen atoms in total. The van der Waals surface area contributed by atoms with Gasteiger partial charge in [-0.3, -0.25) is 9.59 Å². The number of hydrogen-bond acceptors (Lipinski definition) is 6. The Morgan fingerprint density at radius 2 is 1.89 bits per heavy atom. The summed E-state index contributed by atoms with van der Waals surface area (Å²) in [4.78, 5) is 39.2. The molecular formula is C26H38N2O7. The molecule has 0 spiro atoms. The van der Waals surface area contributed by atoms with Gasteiger partial charge in [0.25, 0.3) is 5.91 Å². The number of carboxylic acid groups (broad SMARTS) is 2. The molecule has 7 atom stereocenters. The maximum Gasteiger partial charge on any atom is 0.326 e. The van der Waals surface area contributed by atoms with Crippen molar-refractivity contribution in [2.24, 2.45) is 33.7 Å². The Morgan fingerprint density at radius 1 is 1.11 bits per heavy atom. The second-order valence-corrected chi connectivity index (χ2v) is 11.4. The van der Waals surface area contributed by atoms with E-state index in [9.17, 15) is 19.5 Å². The van der Waals surface area contributed by atoms with Crippen LogP contribution in [-0.4, -0.2) is 57.6 Å². The van der Waals surface area contributed by atoms with E-state index in [1.165, 1.54) is 5.57 Å². The molecule has 194 valence electrons. The first-order chi connectivity index (χ1) is 16.5. The number of aliphatic hydroxyl groups excluding tert-OH is 1. The number of nitrogens with one attached hydrogen (secondary N) is 1. The van der Waals surface area contributed by atoms with E-state index >= 15 is 0 Å². The largest absolute Gasteiger partial charge is 0.481 e. The highest BCUT2D eigenvalue weighted by atomic mass is 16.6. The lowest BCUT2D eigenvalue weighted by molar-refractivity contribution is -0.143. The van der Waals surface area contributed by atoms with Crippen LogP contribution in [0.3, 0.4) is 0 Å². The van der Waals surface area contributed by atoms with Crippen molar-refractivity contribution in [3.63, 3.8) is 0 Å². The molecule has 0 radical (unpaired) electrons. The molecule has 4 N–H and O–H groups in total.